The number of hydrogen-bond donors (Lipinski definition) is 1. The van der Waals surface area contributed by atoms with Crippen molar-refractivity contribution >= 4 is 12.0 Å². The number of hydrogen-bond acceptors (Lipinski definition) is 2. The second-order valence-corrected chi connectivity index (χ2v) is 5.12. The topological polar surface area (TPSA) is 60.9 Å². The van der Waals surface area contributed by atoms with Gasteiger partial charge in [-0.2, -0.15) is 0 Å². The molecule has 0 spiro atoms. The molecule has 5 nitrogen and oxygen atoms in total. The highest BCUT2D eigenvalue weighted by Gasteiger charge is 2.34. The quantitative estimate of drug-likeness (QED) is 0.773. The van der Waals surface area contributed by atoms with Crippen LogP contribution in [0.2, 0.25) is 0 Å². The minimum atomic E-state index is -1.01. The highest BCUT2D eigenvalue weighted by atomic mass is 16.4. The molecule has 0 aliphatic carbocycles. The van der Waals surface area contributed by atoms with Crippen LogP contribution in [0, 0.1) is 5.41 Å². The van der Waals surface area contributed by atoms with Gasteiger partial charge >= 0.3 is 6.09 Å². The van der Waals surface area contributed by atoms with E-state index in [1.165, 1.54) is 4.90 Å². The summed E-state index contributed by atoms with van der Waals surface area (Å²) in [6.07, 6.45) is -0.116. The predicted molar refractivity (Wildman–Crippen MR) is 60.2 cm³/mol. The van der Waals surface area contributed by atoms with Crippen LogP contribution >= 0.6 is 0 Å². The molecular formula is C11H20N2O3. The normalized spacial score (nSPS) is 20.8. The van der Waals surface area contributed by atoms with Crippen LogP contribution in [0.4, 0.5) is 4.79 Å². The lowest BCUT2D eigenvalue weighted by atomic mass is 9.92. The van der Waals surface area contributed by atoms with Crippen LogP contribution in [0.1, 0.15) is 27.2 Å². The summed E-state index contributed by atoms with van der Waals surface area (Å²) in [4.78, 5) is 25.8. The van der Waals surface area contributed by atoms with Gasteiger partial charge in [0, 0.05) is 25.0 Å². The van der Waals surface area contributed by atoms with Crippen LogP contribution in [0.25, 0.3) is 0 Å². The third-order valence-electron chi connectivity index (χ3n) is 2.68. The minimum absolute atomic E-state index is 0.0151. The lowest BCUT2D eigenvalue weighted by Crippen LogP contribution is -2.39. The molecule has 1 rings (SSSR count). The molecule has 1 aliphatic rings. The summed E-state index contributed by atoms with van der Waals surface area (Å²) in [6.45, 7) is 7.72. The Morgan fingerprint density at radius 3 is 2.56 bits per heavy atom. The van der Waals surface area contributed by atoms with E-state index in [1.54, 1.807) is 4.90 Å². The molecule has 92 valence electrons. The van der Waals surface area contributed by atoms with Crippen LogP contribution in [-0.2, 0) is 4.79 Å². The first-order valence-electron chi connectivity index (χ1n) is 5.61. The van der Waals surface area contributed by atoms with Crippen molar-refractivity contribution in [3.63, 3.8) is 0 Å². The van der Waals surface area contributed by atoms with E-state index < -0.39 is 6.09 Å². The van der Waals surface area contributed by atoms with Gasteiger partial charge in [-0.05, 0) is 6.42 Å². The van der Waals surface area contributed by atoms with E-state index in [-0.39, 0.29) is 17.9 Å². The molecule has 1 fully saturated rings. The molecule has 1 heterocycles. The van der Waals surface area contributed by atoms with Gasteiger partial charge in [0.25, 0.3) is 0 Å². The monoisotopic (exact) mass is 228 g/mol. The molecule has 0 aromatic carbocycles. The summed E-state index contributed by atoms with van der Waals surface area (Å²) in [7, 11) is 0. The number of carboxylic acid groups (broad SMARTS) is 1. The van der Waals surface area contributed by atoms with E-state index in [9.17, 15) is 9.59 Å². The Labute approximate surface area is 96.0 Å². The average molecular weight is 228 g/mol. The maximum atomic E-state index is 11.8. The van der Waals surface area contributed by atoms with Crippen LogP contribution in [-0.4, -0.2) is 53.1 Å². The van der Waals surface area contributed by atoms with Gasteiger partial charge < -0.3 is 10.0 Å². The van der Waals surface area contributed by atoms with Crippen molar-refractivity contribution in [3.05, 3.63) is 0 Å². The third-order valence-corrected chi connectivity index (χ3v) is 2.68. The van der Waals surface area contributed by atoms with Gasteiger partial charge in [0.05, 0.1) is 0 Å². The lowest BCUT2D eigenvalue weighted by Gasteiger charge is -2.29. The minimum Gasteiger partial charge on any atom is -0.465 e. The number of nitrogens with zero attached hydrogens (tertiary/aromatic N) is 2. The van der Waals surface area contributed by atoms with Crippen molar-refractivity contribution < 1.29 is 14.7 Å². The number of amides is 2. The lowest BCUT2D eigenvalue weighted by molar-refractivity contribution is -0.131. The second-order valence-electron chi connectivity index (χ2n) is 5.12. The van der Waals surface area contributed by atoms with Crippen LogP contribution in [0.3, 0.4) is 0 Å². The molecule has 0 radical (unpaired) electrons. The number of rotatable bonds is 2. The molecule has 2 amide bonds. The van der Waals surface area contributed by atoms with Gasteiger partial charge in [-0.25, -0.2) is 4.79 Å². The standard InChI is InChI=1S/C11H20N2O3/c1-4-5-12-7-11(2,3)8-13(10(15)16)6-9(12)14/h4-8H2,1-3H3,(H,15,16). The molecule has 0 aromatic rings. The van der Waals surface area contributed by atoms with E-state index in [0.717, 1.165) is 6.42 Å². The molecule has 5 heteroatoms. The van der Waals surface area contributed by atoms with E-state index in [2.05, 4.69) is 0 Å². The summed E-state index contributed by atoms with van der Waals surface area (Å²) in [5, 5.41) is 8.98. The molecule has 0 unspecified atom stereocenters. The molecule has 16 heavy (non-hydrogen) atoms. The first kappa shape index (κ1) is 12.8. The molecule has 0 bridgehead atoms. The van der Waals surface area contributed by atoms with Crippen LogP contribution in [0.5, 0.6) is 0 Å². The maximum absolute atomic E-state index is 11.8. The van der Waals surface area contributed by atoms with Crippen molar-refractivity contribution in [1.82, 2.24) is 9.80 Å². The van der Waals surface area contributed by atoms with Crippen molar-refractivity contribution in [2.75, 3.05) is 26.2 Å². The molecule has 0 saturated carbocycles. The second kappa shape index (κ2) is 4.72. The zero-order valence-electron chi connectivity index (χ0n) is 10.2. The first-order chi connectivity index (χ1) is 7.35. The van der Waals surface area contributed by atoms with E-state index >= 15 is 0 Å². The summed E-state index contributed by atoms with van der Waals surface area (Å²) >= 11 is 0. The van der Waals surface area contributed by atoms with E-state index in [0.29, 0.717) is 19.6 Å². The van der Waals surface area contributed by atoms with Gasteiger partial charge in [0.1, 0.15) is 6.54 Å². The van der Waals surface area contributed by atoms with Crippen LogP contribution < -0.4 is 0 Å². The van der Waals surface area contributed by atoms with E-state index in [1.807, 2.05) is 20.8 Å². The Bertz CT molecular complexity index is 289. The van der Waals surface area contributed by atoms with Gasteiger partial charge in [0.2, 0.25) is 5.91 Å². The maximum Gasteiger partial charge on any atom is 0.407 e. The Morgan fingerprint density at radius 1 is 1.44 bits per heavy atom. The Hall–Kier alpha value is -1.26. The molecule has 0 atom stereocenters. The molecule has 1 N–H and O–H groups in total. The zero-order valence-corrected chi connectivity index (χ0v) is 10.2. The van der Waals surface area contributed by atoms with Gasteiger partial charge in [-0.15, -0.1) is 0 Å². The molecule has 1 saturated heterocycles. The summed E-state index contributed by atoms with van der Waals surface area (Å²) in [5.74, 6) is -0.0881. The smallest absolute Gasteiger partial charge is 0.407 e. The molecule has 0 aromatic heterocycles. The highest BCUT2D eigenvalue weighted by molar-refractivity contribution is 5.82. The summed E-state index contributed by atoms with van der Waals surface area (Å²) < 4.78 is 0. The van der Waals surface area contributed by atoms with Crippen molar-refractivity contribution in [2.45, 2.75) is 27.2 Å². The van der Waals surface area contributed by atoms with E-state index in [4.69, 9.17) is 5.11 Å². The highest BCUT2D eigenvalue weighted by Crippen LogP contribution is 2.22. The molecule has 1 aliphatic heterocycles. The largest absolute Gasteiger partial charge is 0.465 e. The first-order valence-corrected chi connectivity index (χ1v) is 5.61. The fraction of sp³-hybridized carbons (Fsp3) is 0.818. The summed E-state index contributed by atoms with van der Waals surface area (Å²) in [6, 6.07) is 0. The van der Waals surface area contributed by atoms with Gasteiger partial charge in [-0.3, -0.25) is 9.69 Å². The number of carbonyl (C=O) groups is 2. The molecular weight excluding hydrogens is 208 g/mol. The Kier molecular flexibility index (Phi) is 3.78. The Morgan fingerprint density at radius 2 is 2.06 bits per heavy atom. The Balaban J connectivity index is 2.83. The van der Waals surface area contributed by atoms with Crippen molar-refractivity contribution in [3.8, 4) is 0 Å². The third kappa shape index (κ3) is 3.12. The van der Waals surface area contributed by atoms with Crippen molar-refractivity contribution in [1.29, 1.82) is 0 Å². The van der Waals surface area contributed by atoms with Gasteiger partial charge in [0.15, 0.2) is 0 Å². The van der Waals surface area contributed by atoms with Crippen LogP contribution in [0.15, 0.2) is 0 Å². The number of carbonyl (C=O) groups excluding carboxylic acids is 1. The SMILES string of the molecule is CCCN1CC(C)(C)CN(C(=O)O)CC1=O. The van der Waals surface area contributed by atoms with Gasteiger partial charge in [-0.1, -0.05) is 20.8 Å². The zero-order chi connectivity index (χ0) is 12.3. The predicted octanol–water partition coefficient (Wildman–Crippen LogP) is 1.24. The summed E-state index contributed by atoms with van der Waals surface area (Å²) in [5.41, 5.74) is -0.181. The van der Waals surface area contributed by atoms with Crippen molar-refractivity contribution in [2.24, 2.45) is 5.41 Å². The fourth-order valence-corrected chi connectivity index (χ4v) is 2.10. The average Bonchev–Trinajstić information content (AvgIpc) is 2.24. The fourth-order valence-electron chi connectivity index (χ4n) is 2.10.